The van der Waals surface area contributed by atoms with Gasteiger partial charge in [-0.3, -0.25) is 14.8 Å². The van der Waals surface area contributed by atoms with Gasteiger partial charge < -0.3 is 9.64 Å². The van der Waals surface area contributed by atoms with Crippen LogP contribution in [-0.4, -0.2) is 51.6 Å². The summed E-state index contributed by atoms with van der Waals surface area (Å²) in [5.74, 6) is -0.0958. The third kappa shape index (κ3) is 2.96. The second-order valence-electron chi connectivity index (χ2n) is 5.28. The van der Waals surface area contributed by atoms with Crippen LogP contribution in [0, 0.1) is 0 Å². The predicted molar refractivity (Wildman–Crippen MR) is 80.2 cm³/mol. The SMILES string of the molecule is CO[C@H]1CCN(C(=O)c2cnccn2)[C@H]1Cc1cccnc1. The zero-order valence-electron chi connectivity index (χ0n) is 12.4. The maximum atomic E-state index is 12.7. The monoisotopic (exact) mass is 298 g/mol. The van der Waals surface area contributed by atoms with Gasteiger partial charge in [0.1, 0.15) is 5.69 Å². The van der Waals surface area contributed by atoms with E-state index in [1.807, 2.05) is 23.2 Å². The smallest absolute Gasteiger partial charge is 0.274 e. The molecule has 0 spiro atoms. The molecule has 2 aromatic rings. The van der Waals surface area contributed by atoms with Crippen LogP contribution in [-0.2, 0) is 11.2 Å². The van der Waals surface area contributed by atoms with Gasteiger partial charge in [-0.15, -0.1) is 0 Å². The quantitative estimate of drug-likeness (QED) is 0.852. The Morgan fingerprint density at radius 3 is 2.86 bits per heavy atom. The fourth-order valence-electron chi connectivity index (χ4n) is 2.91. The van der Waals surface area contributed by atoms with Gasteiger partial charge in [0.15, 0.2) is 0 Å². The highest BCUT2D eigenvalue weighted by atomic mass is 16.5. The van der Waals surface area contributed by atoms with E-state index in [-0.39, 0.29) is 18.1 Å². The Kier molecular flexibility index (Phi) is 4.39. The van der Waals surface area contributed by atoms with Gasteiger partial charge in [0.25, 0.3) is 5.91 Å². The van der Waals surface area contributed by atoms with Gasteiger partial charge in [-0.1, -0.05) is 6.07 Å². The normalized spacial score (nSPS) is 21.0. The summed E-state index contributed by atoms with van der Waals surface area (Å²) in [5, 5.41) is 0. The minimum atomic E-state index is -0.0958. The number of rotatable bonds is 4. The van der Waals surface area contributed by atoms with Crippen LogP contribution in [0.4, 0.5) is 0 Å². The van der Waals surface area contributed by atoms with Crippen molar-refractivity contribution in [3.8, 4) is 0 Å². The van der Waals surface area contributed by atoms with Crippen molar-refractivity contribution in [1.29, 1.82) is 0 Å². The molecule has 22 heavy (non-hydrogen) atoms. The molecule has 6 nitrogen and oxygen atoms in total. The molecule has 0 unspecified atom stereocenters. The third-order valence-electron chi connectivity index (χ3n) is 4.00. The number of likely N-dealkylation sites (tertiary alicyclic amines) is 1. The van der Waals surface area contributed by atoms with Crippen molar-refractivity contribution >= 4 is 5.91 Å². The van der Waals surface area contributed by atoms with Crippen LogP contribution in [0.2, 0.25) is 0 Å². The Labute approximate surface area is 129 Å². The van der Waals surface area contributed by atoms with E-state index in [1.54, 1.807) is 19.5 Å². The van der Waals surface area contributed by atoms with E-state index >= 15 is 0 Å². The first-order valence-electron chi connectivity index (χ1n) is 7.28. The molecule has 0 bridgehead atoms. The minimum Gasteiger partial charge on any atom is -0.379 e. The standard InChI is InChI=1S/C16H18N4O2/c1-22-15-4-8-20(16(21)13-11-18-6-7-19-13)14(15)9-12-3-2-5-17-10-12/h2-3,5-7,10-11,14-15H,4,8-9H2,1H3/t14-,15-/m0/s1. The number of pyridine rings is 1. The number of carbonyl (C=O) groups is 1. The fraction of sp³-hybridized carbons (Fsp3) is 0.375. The lowest BCUT2D eigenvalue weighted by Gasteiger charge is -2.27. The van der Waals surface area contributed by atoms with Crippen LogP contribution in [0.3, 0.4) is 0 Å². The summed E-state index contributed by atoms with van der Waals surface area (Å²) in [4.78, 5) is 26.7. The molecule has 2 atom stereocenters. The van der Waals surface area contributed by atoms with Crippen molar-refractivity contribution < 1.29 is 9.53 Å². The van der Waals surface area contributed by atoms with Crippen molar-refractivity contribution in [3.63, 3.8) is 0 Å². The second kappa shape index (κ2) is 6.62. The lowest BCUT2D eigenvalue weighted by molar-refractivity contribution is 0.0504. The molecule has 2 aromatic heterocycles. The first kappa shape index (κ1) is 14.6. The minimum absolute atomic E-state index is 0.0105. The molecule has 0 radical (unpaired) electrons. The highest BCUT2D eigenvalue weighted by Gasteiger charge is 2.38. The zero-order valence-corrected chi connectivity index (χ0v) is 12.4. The summed E-state index contributed by atoms with van der Waals surface area (Å²) in [6.07, 6.45) is 9.75. The van der Waals surface area contributed by atoms with Crippen LogP contribution >= 0.6 is 0 Å². The molecule has 1 amide bonds. The fourth-order valence-corrected chi connectivity index (χ4v) is 2.91. The largest absolute Gasteiger partial charge is 0.379 e. The van der Waals surface area contributed by atoms with Crippen LogP contribution in [0.5, 0.6) is 0 Å². The number of aromatic nitrogens is 3. The number of hydrogen-bond donors (Lipinski definition) is 0. The molecule has 1 aliphatic heterocycles. The van der Waals surface area contributed by atoms with Crippen molar-refractivity contribution in [3.05, 3.63) is 54.4 Å². The summed E-state index contributed by atoms with van der Waals surface area (Å²) in [7, 11) is 1.69. The molecule has 0 saturated carbocycles. The molecule has 0 N–H and O–H groups in total. The highest BCUT2D eigenvalue weighted by molar-refractivity contribution is 5.92. The number of ether oxygens (including phenoxy) is 1. The molecule has 3 heterocycles. The number of hydrogen-bond acceptors (Lipinski definition) is 5. The molecule has 1 fully saturated rings. The highest BCUT2D eigenvalue weighted by Crippen LogP contribution is 2.25. The van der Waals surface area contributed by atoms with E-state index in [0.29, 0.717) is 12.2 Å². The van der Waals surface area contributed by atoms with Crippen molar-refractivity contribution in [2.45, 2.75) is 25.0 Å². The third-order valence-corrected chi connectivity index (χ3v) is 4.00. The van der Waals surface area contributed by atoms with Crippen LogP contribution < -0.4 is 0 Å². The molecular weight excluding hydrogens is 280 g/mol. The van der Waals surface area contributed by atoms with E-state index in [9.17, 15) is 4.79 Å². The molecule has 0 aromatic carbocycles. The van der Waals surface area contributed by atoms with Crippen LogP contribution in [0.15, 0.2) is 43.1 Å². The van der Waals surface area contributed by atoms with Crippen molar-refractivity contribution in [1.82, 2.24) is 19.9 Å². The summed E-state index contributed by atoms with van der Waals surface area (Å²) < 4.78 is 5.56. The molecule has 1 aliphatic rings. The number of amides is 1. The lowest BCUT2D eigenvalue weighted by Crippen LogP contribution is -2.42. The molecule has 0 aliphatic carbocycles. The Bertz CT molecular complexity index is 621. The van der Waals surface area contributed by atoms with E-state index in [4.69, 9.17) is 4.74 Å². The first-order chi connectivity index (χ1) is 10.8. The summed E-state index contributed by atoms with van der Waals surface area (Å²) >= 11 is 0. The van der Waals surface area contributed by atoms with Crippen LogP contribution in [0.1, 0.15) is 22.5 Å². The summed E-state index contributed by atoms with van der Waals surface area (Å²) in [6, 6.07) is 3.91. The second-order valence-corrected chi connectivity index (χ2v) is 5.28. The molecule has 6 heteroatoms. The van der Waals surface area contributed by atoms with Gasteiger partial charge >= 0.3 is 0 Å². The maximum absolute atomic E-state index is 12.7. The predicted octanol–water partition coefficient (Wildman–Crippen LogP) is 1.34. The Morgan fingerprint density at radius 1 is 1.32 bits per heavy atom. The van der Waals surface area contributed by atoms with E-state index < -0.39 is 0 Å². The van der Waals surface area contributed by atoms with Gasteiger partial charge in [0.2, 0.25) is 0 Å². The number of methoxy groups -OCH3 is 1. The topological polar surface area (TPSA) is 68.2 Å². The molecule has 3 rings (SSSR count). The average molecular weight is 298 g/mol. The van der Waals surface area contributed by atoms with Gasteiger partial charge in [0.05, 0.1) is 18.3 Å². The molecule has 114 valence electrons. The number of carbonyl (C=O) groups excluding carboxylic acids is 1. The van der Waals surface area contributed by atoms with Crippen molar-refractivity contribution in [2.24, 2.45) is 0 Å². The van der Waals surface area contributed by atoms with Crippen LogP contribution in [0.25, 0.3) is 0 Å². The van der Waals surface area contributed by atoms with E-state index in [1.165, 1.54) is 12.4 Å². The summed E-state index contributed by atoms with van der Waals surface area (Å²) in [6.45, 7) is 0.666. The Hall–Kier alpha value is -2.34. The molecule has 1 saturated heterocycles. The summed E-state index contributed by atoms with van der Waals surface area (Å²) in [5.41, 5.74) is 1.46. The average Bonchev–Trinajstić information content (AvgIpc) is 2.98. The molecular formula is C16H18N4O2. The van der Waals surface area contributed by atoms with Gasteiger partial charge in [-0.25, -0.2) is 4.98 Å². The van der Waals surface area contributed by atoms with Gasteiger partial charge in [-0.05, 0) is 24.5 Å². The maximum Gasteiger partial charge on any atom is 0.274 e. The Morgan fingerprint density at radius 2 is 2.18 bits per heavy atom. The Balaban J connectivity index is 1.81. The van der Waals surface area contributed by atoms with E-state index in [0.717, 1.165) is 18.4 Å². The zero-order chi connectivity index (χ0) is 15.4. The van der Waals surface area contributed by atoms with Gasteiger partial charge in [-0.2, -0.15) is 0 Å². The van der Waals surface area contributed by atoms with Crippen molar-refractivity contribution in [2.75, 3.05) is 13.7 Å². The number of nitrogens with zero attached hydrogens (tertiary/aromatic N) is 4. The van der Waals surface area contributed by atoms with E-state index in [2.05, 4.69) is 15.0 Å². The van der Waals surface area contributed by atoms with Gasteiger partial charge in [0, 0.05) is 38.4 Å². The first-order valence-corrected chi connectivity index (χ1v) is 7.28. The lowest BCUT2D eigenvalue weighted by atomic mass is 10.0.